The number of hydrogen-bond acceptors (Lipinski definition) is 5. The number of sulfonamides is 1. The van der Waals surface area contributed by atoms with Crippen LogP contribution < -0.4 is 0 Å². The van der Waals surface area contributed by atoms with Gasteiger partial charge in [0.2, 0.25) is 15.9 Å². The number of carbonyl (C=O) groups is 1. The number of nitrogens with zero attached hydrogens (tertiary/aromatic N) is 3. The monoisotopic (exact) mass is 379 g/mol. The van der Waals surface area contributed by atoms with Crippen molar-refractivity contribution in [2.45, 2.75) is 24.2 Å². The lowest BCUT2D eigenvalue weighted by Gasteiger charge is -2.34. The van der Waals surface area contributed by atoms with Crippen molar-refractivity contribution in [3.05, 3.63) is 46.5 Å². The van der Waals surface area contributed by atoms with Gasteiger partial charge in [0, 0.05) is 38.7 Å². The standard InChI is InChI=1S/C17H21N3O5S/c21-17(13-14-5-1-2-6-14)18-9-11-19(12-10-18)26(24,25)16-8-4-3-7-15(16)20(22)23/h1,3-5,7-8,14H,2,6,9-13H2. The maximum absolute atomic E-state index is 12.8. The average Bonchev–Trinajstić information content (AvgIpc) is 3.14. The molecule has 0 bridgehead atoms. The molecule has 1 aromatic carbocycles. The van der Waals surface area contributed by atoms with E-state index in [4.69, 9.17) is 0 Å². The van der Waals surface area contributed by atoms with Crippen LogP contribution in [0.3, 0.4) is 0 Å². The summed E-state index contributed by atoms with van der Waals surface area (Å²) in [6, 6.07) is 5.33. The average molecular weight is 379 g/mol. The van der Waals surface area contributed by atoms with Gasteiger partial charge < -0.3 is 4.90 Å². The molecule has 2 aliphatic rings. The lowest BCUT2D eigenvalue weighted by Crippen LogP contribution is -2.50. The lowest BCUT2D eigenvalue weighted by atomic mass is 10.0. The quantitative estimate of drug-likeness (QED) is 0.441. The van der Waals surface area contributed by atoms with E-state index in [-0.39, 0.29) is 29.8 Å². The fraction of sp³-hybridized carbons (Fsp3) is 0.471. The van der Waals surface area contributed by atoms with Crippen molar-refractivity contribution >= 4 is 21.6 Å². The number of nitro groups is 1. The summed E-state index contributed by atoms with van der Waals surface area (Å²) in [7, 11) is -3.97. The Kier molecular flexibility index (Phi) is 5.38. The zero-order valence-corrected chi connectivity index (χ0v) is 15.1. The van der Waals surface area contributed by atoms with Crippen LogP contribution in [0.4, 0.5) is 5.69 Å². The predicted molar refractivity (Wildman–Crippen MR) is 94.9 cm³/mol. The summed E-state index contributed by atoms with van der Waals surface area (Å²) in [6.07, 6.45) is 6.58. The maximum atomic E-state index is 12.8. The van der Waals surface area contributed by atoms with E-state index >= 15 is 0 Å². The molecular formula is C17H21N3O5S. The second-order valence-electron chi connectivity index (χ2n) is 6.48. The largest absolute Gasteiger partial charge is 0.340 e. The number of piperazine rings is 1. The van der Waals surface area contributed by atoms with Crippen LogP contribution in [0, 0.1) is 16.0 Å². The minimum absolute atomic E-state index is 0.0317. The molecule has 1 atom stereocenters. The summed E-state index contributed by atoms with van der Waals surface area (Å²) < 4.78 is 26.8. The molecule has 0 saturated carbocycles. The molecule has 8 nitrogen and oxygen atoms in total. The molecule has 0 radical (unpaired) electrons. The number of benzene rings is 1. The molecule has 1 heterocycles. The number of hydrogen-bond donors (Lipinski definition) is 0. The van der Waals surface area contributed by atoms with Gasteiger partial charge in [-0.2, -0.15) is 4.31 Å². The number of carbonyl (C=O) groups excluding carboxylic acids is 1. The topological polar surface area (TPSA) is 101 Å². The third-order valence-electron chi connectivity index (χ3n) is 4.82. The summed E-state index contributed by atoms with van der Waals surface area (Å²) in [5, 5.41) is 11.1. The lowest BCUT2D eigenvalue weighted by molar-refractivity contribution is -0.387. The number of nitro benzene ring substituents is 1. The van der Waals surface area contributed by atoms with Crippen molar-refractivity contribution in [1.82, 2.24) is 9.21 Å². The van der Waals surface area contributed by atoms with Crippen molar-refractivity contribution in [2.24, 2.45) is 5.92 Å². The van der Waals surface area contributed by atoms with Crippen LogP contribution in [0.2, 0.25) is 0 Å². The summed E-state index contributed by atoms with van der Waals surface area (Å²) in [6.45, 7) is 0.880. The van der Waals surface area contributed by atoms with Gasteiger partial charge in [-0.1, -0.05) is 24.3 Å². The highest BCUT2D eigenvalue weighted by molar-refractivity contribution is 7.89. The van der Waals surface area contributed by atoms with E-state index < -0.39 is 20.6 Å². The molecule has 1 aromatic rings. The minimum Gasteiger partial charge on any atom is -0.340 e. The van der Waals surface area contributed by atoms with Crippen LogP contribution in [0.15, 0.2) is 41.3 Å². The second kappa shape index (κ2) is 7.55. The summed E-state index contributed by atoms with van der Waals surface area (Å²) in [5.41, 5.74) is -0.431. The highest BCUT2D eigenvalue weighted by Crippen LogP contribution is 2.27. The number of rotatable bonds is 5. The van der Waals surface area contributed by atoms with Crippen LogP contribution in [-0.4, -0.2) is 54.6 Å². The Hall–Kier alpha value is -2.26. The Bertz CT molecular complexity index is 829. The molecule has 1 saturated heterocycles. The van der Waals surface area contributed by atoms with Crippen molar-refractivity contribution in [3.8, 4) is 0 Å². The highest BCUT2D eigenvalue weighted by atomic mass is 32.2. The molecule has 1 fully saturated rings. The zero-order valence-electron chi connectivity index (χ0n) is 14.3. The van der Waals surface area contributed by atoms with E-state index in [2.05, 4.69) is 12.2 Å². The Morgan fingerprint density at radius 1 is 1.19 bits per heavy atom. The first kappa shape index (κ1) is 18.5. The van der Waals surface area contributed by atoms with Gasteiger partial charge in [-0.05, 0) is 24.8 Å². The Labute approximate surface area is 152 Å². The van der Waals surface area contributed by atoms with E-state index in [0.29, 0.717) is 19.5 Å². The van der Waals surface area contributed by atoms with Crippen molar-refractivity contribution < 1.29 is 18.1 Å². The van der Waals surface area contributed by atoms with Gasteiger partial charge in [0.05, 0.1) is 4.92 Å². The van der Waals surface area contributed by atoms with Crippen LogP contribution in [0.5, 0.6) is 0 Å². The van der Waals surface area contributed by atoms with Gasteiger partial charge in [0.15, 0.2) is 4.90 Å². The molecule has 1 aliphatic heterocycles. The van der Waals surface area contributed by atoms with E-state index in [9.17, 15) is 23.3 Å². The third kappa shape index (κ3) is 3.78. The van der Waals surface area contributed by atoms with Gasteiger partial charge in [0.1, 0.15) is 0 Å². The molecule has 26 heavy (non-hydrogen) atoms. The highest BCUT2D eigenvalue weighted by Gasteiger charge is 2.34. The fourth-order valence-electron chi connectivity index (χ4n) is 3.36. The smallest absolute Gasteiger partial charge is 0.289 e. The number of allylic oxidation sites excluding steroid dienone is 2. The number of amides is 1. The SMILES string of the molecule is O=C(CC1C=CCC1)N1CCN(S(=O)(=O)c2ccccc2[N+](=O)[O-])CC1. The Balaban J connectivity index is 1.66. The molecule has 0 N–H and O–H groups in total. The molecule has 1 unspecified atom stereocenters. The first-order chi connectivity index (χ1) is 12.4. The van der Waals surface area contributed by atoms with Crippen LogP contribution >= 0.6 is 0 Å². The maximum Gasteiger partial charge on any atom is 0.289 e. The van der Waals surface area contributed by atoms with E-state index in [1.54, 1.807) is 4.90 Å². The van der Waals surface area contributed by atoms with Crippen molar-refractivity contribution in [2.75, 3.05) is 26.2 Å². The van der Waals surface area contributed by atoms with Crippen molar-refractivity contribution in [1.29, 1.82) is 0 Å². The van der Waals surface area contributed by atoms with Crippen LogP contribution in [0.1, 0.15) is 19.3 Å². The van der Waals surface area contributed by atoms with Gasteiger partial charge in [0.25, 0.3) is 5.69 Å². The van der Waals surface area contributed by atoms with E-state index in [1.165, 1.54) is 28.6 Å². The zero-order chi connectivity index (χ0) is 18.7. The Morgan fingerprint density at radius 3 is 2.50 bits per heavy atom. The second-order valence-corrected chi connectivity index (χ2v) is 8.39. The summed E-state index contributed by atoms with van der Waals surface area (Å²) in [4.78, 5) is 24.2. The normalized spacial score (nSPS) is 21.1. The predicted octanol–water partition coefficient (Wildman–Crippen LogP) is 1.78. The van der Waals surface area contributed by atoms with Gasteiger partial charge in [-0.25, -0.2) is 8.42 Å². The molecule has 9 heteroatoms. The van der Waals surface area contributed by atoms with E-state index in [1.807, 2.05) is 0 Å². The molecule has 0 aromatic heterocycles. The third-order valence-corrected chi connectivity index (χ3v) is 6.77. The first-order valence-corrected chi connectivity index (χ1v) is 10.0. The number of para-hydroxylation sites is 1. The summed E-state index contributed by atoms with van der Waals surface area (Å²) in [5.74, 6) is 0.306. The van der Waals surface area contributed by atoms with Gasteiger partial charge >= 0.3 is 0 Å². The first-order valence-electron chi connectivity index (χ1n) is 8.57. The van der Waals surface area contributed by atoms with Crippen LogP contribution in [-0.2, 0) is 14.8 Å². The molecule has 3 rings (SSSR count). The van der Waals surface area contributed by atoms with Crippen molar-refractivity contribution in [3.63, 3.8) is 0 Å². The van der Waals surface area contributed by atoms with Gasteiger partial charge in [-0.3, -0.25) is 14.9 Å². The molecule has 140 valence electrons. The van der Waals surface area contributed by atoms with Crippen LogP contribution in [0.25, 0.3) is 0 Å². The summed E-state index contributed by atoms with van der Waals surface area (Å²) >= 11 is 0. The van der Waals surface area contributed by atoms with Gasteiger partial charge in [-0.15, -0.1) is 0 Å². The fourth-order valence-corrected chi connectivity index (χ4v) is 4.94. The van der Waals surface area contributed by atoms with E-state index in [0.717, 1.165) is 12.8 Å². The molecule has 0 spiro atoms. The molecular weight excluding hydrogens is 358 g/mol. The minimum atomic E-state index is -3.97. The Morgan fingerprint density at radius 2 is 1.88 bits per heavy atom. The molecule has 1 aliphatic carbocycles. The molecule has 1 amide bonds.